The van der Waals surface area contributed by atoms with Gasteiger partial charge in [-0.05, 0) is 5.56 Å². The Morgan fingerprint density at radius 2 is 1.85 bits per heavy atom. The van der Waals surface area contributed by atoms with E-state index in [0.717, 1.165) is 11.1 Å². The molecule has 0 spiro atoms. The van der Waals surface area contributed by atoms with Crippen LogP contribution in [0.2, 0.25) is 0 Å². The number of benzene rings is 1. The fourth-order valence-corrected chi connectivity index (χ4v) is 2.23. The van der Waals surface area contributed by atoms with Crippen molar-refractivity contribution in [2.45, 2.75) is 19.3 Å². The van der Waals surface area contributed by atoms with Gasteiger partial charge in [0.25, 0.3) is 0 Å². The third-order valence-corrected chi connectivity index (χ3v) is 3.18. The molecule has 1 aromatic rings. The third kappa shape index (κ3) is 3.07. The maximum absolute atomic E-state index is 11.4. The van der Waals surface area contributed by atoms with Gasteiger partial charge in [0.1, 0.15) is 12.4 Å². The predicted molar refractivity (Wildman–Crippen MR) is 69.5 cm³/mol. The number of carbonyl (C=O) groups is 1. The highest BCUT2D eigenvalue weighted by molar-refractivity contribution is 5.77. The number of cyclic esters (lactones) is 1. The quantitative estimate of drug-likeness (QED) is 0.767. The molecule has 0 aliphatic carbocycles. The van der Waals surface area contributed by atoms with Crippen LogP contribution in [0.5, 0.6) is 0 Å². The van der Waals surface area contributed by atoms with Crippen molar-refractivity contribution in [3.63, 3.8) is 0 Å². The third-order valence-electron chi connectivity index (χ3n) is 3.18. The second kappa shape index (κ2) is 6.17. The molecule has 20 heavy (non-hydrogen) atoms. The summed E-state index contributed by atoms with van der Waals surface area (Å²) in [6.07, 6.45) is -0.244. The van der Waals surface area contributed by atoms with Crippen LogP contribution in [0.1, 0.15) is 12.0 Å². The molecule has 0 unspecified atom stereocenters. The first-order chi connectivity index (χ1) is 9.83. The molecule has 1 saturated heterocycles. The van der Waals surface area contributed by atoms with E-state index in [1.807, 2.05) is 30.3 Å². The summed E-state index contributed by atoms with van der Waals surface area (Å²) in [5, 5.41) is 0. The van der Waals surface area contributed by atoms with Crippen LogP contribution in [-0.4, -0.2) is 32.1 Å². The summed E-state index contributed by atoms with van der Waals surface area (Å²) >= 11 is 0. The Balaban J connectivity index is 1.59. The van der Waals surface area contributed by atoms with Gasteiger partial charge in [0.2, 0.25) is 0 Å². The molecule has 0 amide bonds. The molecular weight excluding hydrogens is 260 g/mol. The lowest BCUT2D eigenvalue weighted by atomic mass is 10.2. The second-order valence-electron chi connectivity index (χ2n) is 4.65. The topological polar surface area (TPSA) is 54.0 Å². The highest BCUT2D eigenvalue weighted by Gasteiger charge is 2.33. The van der Waals surface area contributed by atoms with E-state index < -0.39 is 6.29 Å². The van der Waals surface area contributed by atoms with Gasteiger partial charge in [0.05, 0.1) is 26.2 Å². The minimum atomic E-state index is -0.461. The standard InChI is InChI=1S/C15H16O5/c16-14-8-12(15-18-6-7-19-15)13(20-14)10-17-9-11-4-2-1-3-5-11/h1-5,15H,6-10H2. The molecule has 0 saturated carbocycles. The van der Waals surface area contributed by atoms with E-state index in [0.29, 0.717) is 25.6 Å². The Bertz CT molecular complexity index is 502. The van der Waals surface area contributed by atoms with Gasteiger partial charge in [-0.1, -0.05) is 30.3 Å². The number of carbonyl (C=O) groups excluding carboxylic acids is 1. The maximum Gasteiger partial charge on any atom is 0.315 e. The van der Waals surface area contributed by atoms with Crippen LogP contribution in [0.25, 0.3) is 0 Å². The Labute approximate surface area is 117 Å². The zero-order valence-corrected chi connectivity index (χ0v) is 11.0. The summed E-state index contributed by atoms with van der Waals surface area (Å²) in [5.74, 6) is 0.246. The lowest BCUT2D eigenvalue weighted by molar-refractivity contribution is -0.137. The maximum atomic E-state index is 11.4. The monoisotopic (exact) mass is 276 g/mol. The summed E-state index contributed by atoms with van der Waals surface area (Å²) in [5.41, 5.74) is 1.83. The molecule has 0 atom stereocenters. The fourth-order valence-electron chi connectivity index (χ4n) is 2.23. The van der Waals surface area contributed by atoms with Crippen molar-refractivity contribution in [1.82, 2.24) is 0 Å². The lowest BCUT2D eigenvalue weighted by Gasteiger charge is -2.11. The minimum Gasteiger partial charge on any atom is -0.428 e. The molecule has 3 rings (SSSR count). The number of esters is 1. The number of rotatable bonds is 5. The van der Waals surface area contributed by atoms with Crippen LogP contribution >= 0.6 is 0 Å². The van der Waals surface area contributed by atoms with Gasteiger partial charge in [-0.3, -0.25) is 4.79 Å². The van der Waals surface area contributed by atoms with Gasteiger partial charge in [-0.2, -0.15) is 0 Å². The lowest BCUT2D eigenvalue weighted by Crippen LogP contribution is -2.13. The molecule has 5 nitrogen and oxygen atoms in total. The van der Waals surface area contributed by atoms with Crippen LogP contribution in [0.3, 0.4) is 0 Å². The largest absolute Gasteiger partial charge is 0.428 e. The second-order valence-corrected chi connectivity index (χ2v) is 4.65. The molecule has 0 radical (unpaired) electrons. The normalized spacial score (nSPS) is 19.7. The molecule has 1 fully saturated rings. The van der Waals surface area contributed by atoms with Crippen molar-refractivity contribution in [2.75, 3.05) is 19.8 Å². The average molecular weight is 276 g/mol. The van der Waals surface area contributed by atoms with Crippen LogP contribution in [0.15, 0.2) is 41.7 Å². The van der Waals surface area contributed by atoms with Crippen LogP contribution in [0.4, 0.5) is 0 Å². The molecule has 1 aromatic carbocycles. The van der Waals surface area contributed by atoms with Crippen molar-refractivity contribution in [1.29, 1.82) is 0 Å². The van der Waals surface area contributed by atoms with Crippen molar-refractivity contribution in [3.05, 3.63) is 47.2 Å². The highest BCUT2D eigenvalue weighted by Crippen LogP contribution is 2.28. The first-order valence-corrected chi connectivity index (χ1v) is 6.60. The van der Waals surface area contributed by atoms with Crippen LogP contribution in [-0.2, 0) is 30.3 Å². The molecule has 0 N–H and O–H groups in total. The summed E-state index contributed by atoms with van der Waals surface area (Å²) in [7, 11) is 0. The van der Waals surface area contributed by atoms with Crippen molar-refractivity contribution in [3.8, 4) is 0 Å². The molecule has 2 heterocycles. The zero-order chi connectivity index (χ0) is 13.8. The summed E-state index contributed by atoms with van der Waals surface area (Å²) in [4.78, 5) is 11.4. The number of hydrogen-bond acceptors (Lipinski definition) is 5. The van der Waals surface area contributed by atoms with Crippen molar-refractivity contribution in [2.24, 2.45) is 0 Å². The van der Waals surface area contributed by atoms with E-state index in [1.54, 1.807) is 0 Å². The predicted octanol–water partition coefficient (Wildman–Crippen LogP) is 1.78. The Morgan fingerprint density at radius 3 is 2.60 bits per heavy atom. The van der Waals surface area contributed by atoms with E-state index in [1.165, 1.54) is 0 Å². The van der Waals surface area contributed by atoms with E-state index in [2.05, 4.69) is 0 Å². The van der Waals surface area contributed by atoms with Crippen LogP contribution < -0.4 is 0 Å². The SMILES string of the molecule is O=C1CC(C2OCCO2)=C(COCc2ccccc2)O1. The van der Waals surface area contributed by atoms with Gasteiger partial charge in [-0.25, -0.2) is 0 Å². The van der Waals surface area contributed by atoms with E-state index in [9.17, 15) is 4.79 Å². The first kappa shape index (κ1) is 13.3. The molecular formula is C15H16O5. The van der Waals surface area contributed by atoms with Crippen molar-refractivity contribution >= 4 is 5.97 Å². The van der Waals surface area contributed by atoms with Gasteiger partial charge >= 0.3 is 5.97 Å². The van der Waals surface area contributed by atoms with Gasteiger partial charge in [-0.15, -0.1) is 0 Å². The van der Waals surface area contributed by atoms with Gasteiger partial charge < -0.3 is 18.9 Å². The smallest absolute Gasteiger partial charge is 0.315 e. The average Bonchev–Trinajstić information content (AvgIpc) is 3.09. The Kier molecular flexibility index (Phi) is 4.11. The summed E-state index contributed by atoms with van der Waals surface area (Å²) in [6.45, 7) is 1.81. The Hall–Kier alpha value is -1.69. The summed E-state index contributed by atoms with van der Waals surface area (Å²) in [6, 6.07) is 9.84. The number of hydrogen-bond donors (Lipinski definition) is 0. The molecule has 5 heteroatoms. The first-order valence-electron chi connectivity index (χ1n) is 6.60. The summed E-state index contributed by atoms with van der Waals surface area (Å²) < 4.78 is 21.6. The van der Waals surface area contributed by atoms with Crippen LogP contribution in [0, 0.1) is 0 Å². The molecule has 0 bridgehead atoms. The Morgan fingerprint density at radius 1 is 1.10 bits per heavy atom. The van der Waals surface area contributed by atoms with Gasteiger partial charge in [0, 0.05) is 5.57 Å². The molecule has 106 valence electrons. The minimum absolute atomic E-state index is 0.217. The van der Waals surface area contributed by atoms with Crippen molar-refractivity contribution < 1.29 is 23.7 Å². The zero-order valence-electron chi connectivity index (χ0n) is 11.0. The molecule has 2 aliphatic heterocycles. The fraction of sp³-hybridized carbons (Fsp3) is 0.400. The van der Waals surface area contributed by atoms with E-state index in [-0.39, 0.29) is 19.0 Å². The molecule has 0 aromatic heterocycles. The van der Waals surface area contributed by atoms with Gasteiger partial charge in [0.15, 0.2) is 6.29 Å². The van der Waals surface area contributed by atoms with E-state index >= 15 is 0 Å². The molecule has 2 aliphatic rings. The van der Waals surface area contributed by atoms with E-state index in [4.69, 9.17) is 18.9 Å². The number of ether oxygens (including phenoxy) is 4. The highest BCUT2D eigenvalue weighted by atomic mass is 16.7.